The maximum absolute atomic E-state index is 6.02. The van der Waals surface area contributed by atoms with Gasteiger partial charge in [-0.05, 0) is 35.6 Å². The van der Waals surface area contributed by atoms with E-state index in [4.69, 9.17) is 11.6 Å². The zero-order chi connectivity index (χ0) is 14.3. The first-order valence-corrected chi connectivity index (χ1v) is 8.26. The molecule has 0 spiro atoms. The van der Waals surface area contributed by atoms with Crippen LogP contribution in [0.5, 0.6) is 0 Å². The molecular formula is C16H25BrClN. The average molecular weight is 347 g/mol. The van der Waals surface area contributed by atoms with Crippen LogP contribution in [0.15, 0.2) is 22.7 Å². The fourth-order valence-corrected chi connectivity index (χ4v) is 2.74. The Hall–Kier alpha value is -0.0500. The highest BCUT2D eigenvalue weighted by Gasteiger charge is 2.16. The molecule has 1 aromatic carbocycles. The molecule has 3 heteroatoms. The smallest absolute Gasteiger partial charge is 0.0410 e. The van der Waals surface area contributed by atoms with Gasteiger partial charge < -0.3 is 5.32 Å². The van der Waals surface area contributed by atoms with Gasteiger partial charge >= 0.3 is 0 Å². The second-order valence-corrected chi connectivity index (χ2v) is 7.25. The fourth-order valence-electron chi connectivity index (χ4n) is 2.16. The van der Waals surface area contributed by atoms with Gasteiger partial charge in [-0.1, -0.05) is 67.6 Å². The summed E-state index contributed by atoms with van der Waals surface area (Å²) in [7, 11) is 0. The first-order valence-electron chi connectivity index (χ1n) is 7.09. The van der Waals surface area contributed by atoms with Gasteiger partial charge in [-0.2, -0.15) is 0 Å². The van der Waals surface area contributed by atoms with Gasteiger partial charge in [-0.15, -0.1) is 0 Å². The molecule has 1 N–H and O–H groups in total. The zero-order valence-electron chi connectivity index (χ0n) is 12.2. The Morgan fingerprint density at radius 3 is 2.68 bits per heavy atom. The molecule has 1 nitrogen and oxygen atoms in total. The highest BCUT2D eigenvalue weighted by atomic mass is 79.9. The molecule has 0 aliphatic rings. The van der Waals surface area contributed by atoms with Crippen LogP contribution in [0.4, 0.5) is 0 Å². The Morgan fingerprint density at radius 1 is 1.26 bits per heavy atom. The van der Waals surface area contributed by atoms with Gasteiger partial charge in [0.05, 0.1) is 0 Å². The van der Waals surface area contributed by atoms with Gasteiger partial charge in [0.2, 0.25) is 0 Å². The highest BCUT2D eigenvalue weighted by Crippen LogP contribution is 2.24. The molecule has 0 heterocycles. The lowest BCUT2D eigenvalue weighted by Gasteiger charge is -2.25. The molecule has 0 atom stereocenters. The zero-order valence-corrected chi connectivity index (χ0v) is 14.6. The maximum atomic E-state index is 6.02. The molecule has 0 bridgehead atoms. The van der Waals surface area contributed by atoms with Crippen LogP contribution in [0.1, 0.15) is 52.0 Å². The minimum absolute atomic E-state index is 0.361. The van der Waals surface area contributed by atoms with Crippen molar-refractivity contribution in [3.05, 3.63) is 33.3 Å². The van der Waals surface area contributed by atoms with Crippen LogP contribution in [0.2, 0.25) is 5.02 Å². The lowest BCUT2D eigenvalue weighted by atomic mass is 9.87. The first-order chi connectivity index (χ1) is 8.94. The Morgan fingerprint density at radius 2 is 2.00 bits per heavy atom. The minimum atomic E-state index is 0.361. The lowest BCUT2D eigenvalue weighted by Crippen LogP contribution is -2.29. The van der Waals surface area contributed by atoms with Gasteiger partial charge in [-0.3, -0.25) is 0 Å². The van der Waals surface area contributed by atoms with Gasteiger partial charge in [-0.25, -0.2) is 0 Å². The molecule has 0 saturated carbocycles. The number of rotatable bonds is 8. The molecular weight excluding hydrogens is 322 g/mol. The molecule has 1 rings (SSSR count). The quantitative estimate of drug-likeness (QED) is 0.587. The Labute approximate surface area is 131 Å². The third-order valence-electron chi connectivity index (χ3n) is 3.38. The maximum Gasteiger partial charge on any atom is 0.0410 e. The molecule has 0 aliphatic heterocycles. The SMILES string of the molecule is CCCCCC(C)(C)CNCc1cc(Cl)ccc1Br. The van der Waals surface area contributed by atoms with Crippen LogP contribution in [0.3, 0.4) is 0 Å². The summed E-state index contributed by atoms with van der Waals surface area (Å²) in [5, 5.41) is 4.34. The van der Waals surface area contributed by atoms with E-state index < -0.39 is 0 Å². The van der Waals surface area contributed by atoms with E-state index in [0.29, 0.717) is 5.41 Å². The van der Waals surface area contributed by atoms with Crippen molar-refractivity contribution < 1.29 is 0 Å². The molecule has 0 unspecified atom stereocenters. The van der Waals surface area contributed by atoms with E-state index in [9.17, 15) is 0 Å². The van der Waals surface area contributed by atoms with Crippen LogP contribution in [-0.4, -0.2) is 6.54 Å². The Balaban J connectivity index is 2.38. The molecule has 1 aromatic rings. The summed E-state index contributed by atoms with van der Waals surface area (Å²) in [6.45, 7) is 8.82. The summed E-state index contributed by atoms with van der Waals surface area (Å²) in [5.74, 6) is 0. The van der Waals surface area contributed by atoms with Crippen LogP contribution >= 0.6 is 27.5 Å². The third-order valence-corrected chi connectivity index (χ3v) is 4.39. The lowest BCUT2D eigenvalue weighted by molar-refractivity contribution is 0.302. The highest BCUT2D eigenvalue weighted by molar-refractivity contribution is 9.10. The summed E-state index contributed by atoms with van der Waals surface area (Å²) in [6.07, 6.45) is 5.23. The Kier molecular flexibility index (Phi) is 7.41. The van der Waals surface area contributed by atoms with E-state index in [2.05, 4.69) is 42.0 Å². The summed E-state index contributed by atoms with van der Waals surface area (Å²) in [4.78, 5) is 0. The van der Waals surface area contributed by atoms with Gasteiger partial charge in [0, 0.05) is 22.6 Å². The van der Waals surface area contributed by atoms with E-state index >= 15 is 0 Å². The first kappa shape index (κ1) is 17.0. The largest absolute Gasteiger partial charge is 0.312 e. The van der Waals surface area contributed by atoms with Crippen molar-refractivity contribution in [3.8, 4) is 0 Å². The topological polar surface area (TPSA) is 12.0 Å². The number of hydrogen-bond acceptors (Lipinski definition) is 1. The fraction of sp³-hybridized carbons (Fsp3) is 0.625. The molecule has 0 amide bonds. The van der Waals surface area contributed by atoms with Crippen molar-refractivity contribution in [3.63, 3.8) is 0 Å². The summed E-state index contributed by atoms with van der Waals surface area (Å²) in [5.41, 5.74) is 1.58. The molecule has 0 aliphatic carbocycles. The molecule has 19 heavy (non-hydrogen) atoms. The van der Waals surface area contributed by atoms with Gasteiger partial charge in [0.25, 0.3) is 0 Å². The number of hydrogen-bond donors (Lipinski definition) is 1. The standard InChI is InChI=1S/C16H25BrClN/c1-4-5-6-9-16(2,3)12-19-11-13-10-14(18)7-8-15(13)17/h7-8,10,19H,4-6,9,11-12H2,1-3H3. The second kappa shape index (κ2) is 8.28. The van der Waals surface area contributed by atoms with E-state index in [1.54, 1.807) is 0 Å². The molecule has 0 fully saturated rings. The Bertz CT molecular complexity index is 390. The van der Waals surface area contributed by atoms with Crippen LogP contribution in [0.25, 0.3) is 0 Å². The second-order valence-electron chi connectivity index (χ2n) is 5.96. The number of unbranched alkanes of at least 4 members (excludes halogenated alkanes) is 2. The summed E-state index contributed by atoms with van der Waals surface area (Å²) < 4.78 is 1.12. The molecule has 0 aromatic heterocycles. The summed E-state index contributed by atoms with van der Waals surface area (Å²) in [6, 6.07) is 5.93. The molecule has 0 saturated heterocycles. The van der Waals surface area contributed by atoms with Crippen molar-refractivity contribution in [1.29, 1.82) is 0 Å². The van der Waals surface area contributed by atoms with Crippen LogP contribution in [0, 0.1) is 5.41 Å². The van der Waals surface area contributed by atoms with Crippen molar-refractivity contribution >= 4 is 27.5 Å². The van der Waals surface area contributed by atoms with Crippen molar-refractivity contribution in [1.82, 2.24) is 5.32 Å². The predicted molar refractivity (Wildman–Crippen MR) is 88.8 cm³/mol. The number of benzene rings is 1. The van der Waals surface area contributed by atoms with E-state index in [-0.39, 0.29) is 0 Å². The minimum Gasteiger partial charge on any atom is -0.312 e. The monoisotopic (exact) mass is 345 g/mol. The third kappa shape index (κ3) is 6.78. The predicted octanol–water partition coefficient (Wildman–Crippen LogP) is 5.80. The van der Waals surface area contributed by atoms with Crippen LogP contribution < -0.4 is 5.32 Å². The van der Waals surface area contributed by atoms with E-state index in [0.717, 1.165) is 22.6 Å². The normalized spacial score (nSPS) is 11.8. The number of nitrogens with one attached hydrogen (secondary N) is 1. The van der Waals surface area contributed by atoms with Gasteiger partial charge in [0.1, 0.15) is 0 Å². The summed E-state index contributed by atoms with van der Waals surface area (Å²) >= 11 is 9.59. The van der Waals surface area contributed by atoms with Crippen LogP contribution in [-0.2, 0) is 6.54 Å². The van der Waals surface area contributed by atoms with Crippen molar-refractivity contribution in [2.45, 2.75) is 53.0 Å². The van der Waals surface area contributed by atoms with Crippen molar-refractivity contribution in [2.75, 3.05) is 6.54 Å². The van der Waals surface area contributed by atoms with Gasteiger partial charge in [0.15, 0.2) is 0 Å². The van der Waals surface area contributed by atoms with E-state index in [1.165, 1.54) is 31.2 Å². The molecule has 0 radical (unpaired) electrons. The van der Waals surface area contributed by atoms with E-state index in [1.807, 2.05) is 18.2 Å². The number of halogens is 2. The average Bonchev–Trinajstić information content (AvgIpc) is 2.33. The molecule has 108 valence electrons. The van der Waals surface area contributed by atoms with Crippen molar-refractivity contribution in [2.24, 2.45) is 5.41 Å².